The number of rotatable bonds is 7. The summed E-state index contributed by atoms with van der Waals surface area (Å²) in [5, 5.41) is 2.91. The van der Waals surface area contributed by atoms with Crippen LogP contribution in [0.2, 0.25) is 0 Å². The average molecular weight is 417 g/mol. The number of nitrogens with one attached hydrogen (secondary N) is 1. The maximum Gasteiger partial charge on any atom is 0.251 e. The first-order chi connectivity index (χ1) is 12.7. The molecule has 0 spiro atoms. The minimum Gasteiger partial charge on any atom is -0.495 e. The fourth-order valence-corrected chi connectivity index (χ4v) is 5.76. The van der Waals surface area contributed by atoms with Gasteiger partial charge in [0.25, 0.3) is 5.91 Å². The molecule has 0 saturated heterocycles. The molecule has 1 saturated carbocycles. The molecule has 1 aliphatic rings. The summed E-state index contributed by atoms with van der Waals surface area (Å²) >= 11 is 0. The number of hydrogen-bond donors (Lipinski definition) is 1. The van der Waals surface area contributed by atoms with Gasteiger partial charge in [0.1, 0.15) is 10.6 Å². The lowest BCUT2D eigenvalue weighted by Gasteiger charge is -2.31. The predicted molar refractivity (Wildman–Crippen MR) is 106 cm³/mol. The van der Waals surface area contributed by atoms with Crippen molar-refractivity contribution in [3.05, 3.63) is 23.8 Å². The largest absolute Gasteiger partial charge is 0.495 e. The zero-order valence-corrected chi connectivity index (χ0v) is 17.9. The molecule has 0 radical (unpaired) electrons. The fraction of sp³-hybridized carbons (Fsp3) is 0.611. The molecule has 1 aromatic rings. The zero-order chi connectivity index (χ0) is 20.2. The molecule has 0 bridgehead atoms. The van der Waals surface area contributed by atoms with Crippen LogP contribution in [-0.4, -0.2) is 61.1 Å². The van der Waals surface area contributed by atoms with Crippen LogP contribution in [0.3, 0.4) is 0 Å². The van der Waals surface area contributed by atoms with Crippen LogP contribution in [-0.2, 0) is 20.8 Å². The molecule has 0 aliphatic heterocycles. The molecule has 27 heavy (non-hydrogen) atoms. The average Bonchev–Trinajstić information content (AvgIpc) is 2.67. The molecule has 0 unspecified atom stereocenters. The zero-order valence-electron chi connectivity index (χ0n) is 16.2. The monoisotopic (exact) mass is 416 g/mol. The molecule has 0 aromatic heterocycles. The number of carbonyl (C=O) groups excluding carboxylic acids is 1. The van der Waals surface area contributed by atoms with Gasteiger partial charge < -0.3 is 10.1 Å². The molecule has 3 atom stereocenters. The Kier molecular flexibility index (Phi) is 7.41. The number of ether oxygens (including phenoxy) is 1. The summed E-state index contributed by atoms with van der Waals surface area (Å²) in [7, 11) is -0.506. The van der Waals surface area contributed by atoms with Gasteiger partial charge in [0.15, 0.2) is 0 Å². The summed E-state index contributed by atoms with van der Waals surface area (Å²) < 4.78 is 43.6. The quantitative estimate of drug-likeness (QED) is 0.731. The van der Waals surface area contributed by atoms with Crippen LogP contribution in [0.15, 0.2) is 23.1 Å². The van der Waals surface area contributed by atoms with E-state index >= 15 is 0 Å². The van der Waals surface area contributed by atoms with Gasteiger partial charge in [-0.1, -0.05) is 19.8 Å². The van der Waals surface area contributed by atoms with E-state index in [0.29, 0.717) is 5.75 Å². The van der Waals surface area contributed by atoms with Crippen molar-refractivity contribution in [1.29, 1.82) is 0 Å². The molecular formula is C18H28N2O5S2. The van der Waals surface area contributed by atoms with Crippen molar-refractivity contribution in [1.82, 2.24) is 9.62 Å². The molecule has 1 fully saturated rings. The lowest BCUT2D eigenvalue weighted by atomic mass is 9.94. The van der Waals surface area contributed by atoms with Crippen molar-refractivity contribution in [3.8, 4) is 5.75 Å². The lowest BCUT2D eigenvalue weighted by Crippen LogP contribution is -2.47. The van der Waals surface area contributed by atoms with E-state index in [1.165, 1.54) is 39.4 Å². The fourth-order valence-electron chi connectivity index (χ4n) is 3.26. The first kappa shape index (κ1) is 21.8. The van der Waals surface area contributed by atoms with Crippen LogP contribution < -0.4 is 10.1 Å². The third-order valence-electron chi connectivity index (χ3n) is 4.83. The van der Waals surface area contributed by atoms with Gasteiger partial charge in [-0.05, 0) is 31.0 Å². The third-order valence-corrected chi connectivity index (χ3v) is 8.47. The van der Waals surface area contributed by atoms with E-state index in [0.717, 1.165) is 30.0 Å². The van der Waals surface area contributed by atoms with E-state index in [-0.39, 0.29) is 33.4 Å². The third kappa shape index (κ3) is 4.89. The number of nitrogens with zero attached hydrogens (tertiary/aromatic N) is 1. The second-order valence-corrected chi connectivity index (χ2v) is 10.8. The SMILES string of the molecule is CC[S@](=O)[C@H]1CCCC[C@H]1NC(=O)c1ccc(OC)c(S(=O)(=O)N(C)C)c1. The highest BCUT2D eigenvalue weighted by Gasteiger charge is 2.31. The Balaban J connectivity index is 2.30. The Labute approximate surface area is 164 Å². The van der Waals surface area contributed by atoms with Crippen molar-refractivity contribution in [2.75, 3.05) is 27.0 Å². The summed E-state index contributed by atoms with van der Waals surface area (Å²) in [4.78, 5) is 12.7. The van der Waals surface area contributed by atoms with Crippen LogP contribution in [0, 0.1) is 0 Å². The Morgan fingerprint density at radius 1 is 1.30 bits per heavy atom. The van der Waals surface area contributed by atoms with Crippen LogP contribution in [0.4, 0.5) is 0 Å². The molecule has 1 aliphatic carbocycles. The summed E-state index contributed by atoms with van der Waals surface area (Å²) in [6, 6.07) is 4.19. The van der Waals surface area contributed by atoms with E-state index in [2.05, 4.69) is 5.32 Å². The minimum absolute atomic E-state index is 0.0556. The second kappa shape index (κ2) is 9.16. The lowest BCUT2D eigenvalue weighted by molar-refractivity contribution is 0.0928. The highest BCUT2D eigenvalue weighted by atomic mass is 32.2. The van der Waals surface area contributed by atoms with Crippen molar-refractivity contribution < 1.29 is 22.2 Å². The Morgan fingerprint density at radius 2 is 1.96 bits per heavy atom. The highest BCUT2D eigenvalue weighted by Crippen LogP contribution is 2.28. The van der Waals surface area contributed by atoms with E-state index < -0.39 is 20.8 Å². The Hall–Kier alpha value is -1.45. The smallest absolute Gasteiger partial charge is 0.251 e. The van der Waals surface area contributed by atoms with E-state index in [1.807, 2.05) is 6.92 Å². The van der Waals surface area contributed by atoms with E-state index in [9.17, 15) is 17.4 Å². The number of sulfonamides is 1. The summed E-state index contributed by atoms with van der Waals surface area (Å²) in [6.45, 7) is 1.88. The van der Waals surface area contributed by atoms with Gasteiger partial charge in [0.2, 0.25) is 10.0 Å². The molecule has 7 nitrogen and oxygen atoms in total. The molecular weight excluding hydrogens is 388 g/mol. The number of benzene rings is 1. The Bertz CT molecular complexity index is 808. The van der Waals surface area contributed by atoms with Crippen molar-refractivity contribution >= 4 is 26.7 Å². The summed E-state index contributed by atoms with van der Waals surface area (Å²) in [5.74, 6) is 0.380. The van der Waals surface area contributed by atoms with E-state index in [1.54, 1.807) is 0 Å². The molecule has 0 heterocycles. The van der Waals surface area contributed by atoms with E-state index in [4.69, 9.17) is 4.74 Å². The predicted octanol–water partition coefficient (Wildman–Crippen LogP) is 1.76. The molecule has 2 rings (SSSR count). The molecule has 1 N–H and O–H groups in total. The van der Waals surface area contributed by atoms with Crippen molar-refractivity contribution in [3.63, 3.8) is 0 Å². The summed E-state index contributed by atoms with van der Waals surface area (Å²) in [5.41, 5.74) is 0.239. The topological polar surface area (TPSA) is 92.8 Å². The highest BCUT2D eigenvalue weighted by molar-refractivity contribution is 7.89. The van der Waals surface area contributed by atoms with Gasteiger partial charge in [-0.2, -0.15) is 0 Å². The maximum atomic E-state index is 12.8. The van der Waals surface area contributed by atoms with Gasteiger partial charge in [-0.15, -0.1) is 0 Å². The first-order valence-electron chi connectivity index (χ1n) is 9.01. The standard InChI is InChI=1S/C18H28N2O5S2/c1-5-26(22)16-9-7-6-8-14(16)19-18(21)13-10-11-15(25-4)17(12-13)27(23,24)20(2)3/h10-12,14,16H,5-9H2,1-4H3,(H,19,21)/t14-,16+,26+/m1/s1. The normalized spacial score (nSPS) is 21.7. The molecule has 1 amide bonds. The van der Waals surface area contributed by atoms with Gasteiger partial charge in [-0.25, -0.2) is 12.7 Å². The van der Waals surface area contributed by atoms with Gasteiger partial charge in [0.05, 0.1) is 12.4 Å². The first-order valence-corrected chi connectivity index (χ1v) is 11.8. The second-order valence-electron chi connectivity index (χ2n) is 6.73. The maximum absolute atomic E-state index is 12.8. The number of hydrogen-bond acceptors (Lipinski definition) is 5. The summed E-state index contributed by atoms with van der Waals surface area (Å²) in [6.07, 6.45) is 3.59. The molecule has 152 valence electrons. The van der Waals surface area contributed by atoms with Crippen LogP contribution in [0.1, 0.15) is 43.0 Å². The van der Waals surface area contributed by atoms with Gasteiger partial charge >= 0.3 is 0 Å². The Morgan fingerprint density at radius 3 is 2.56 bits per heavy atom. The van der Waals surface area contributed by atoms with Crippen LogP contribution >= 0.6 is 0 Å². The van der Waals surface area contributed by atoms with Crippen molar-refractivity contribution in [2.24, 2.45) is 0 Å². The van der Waals surface area contributed by atoms with Gasteiger partial charge in [0, 0.05) is 42.3 Å². The minimum atomic E-state index is -3.76. The molecule has 9 heteroatoms. The van der Waals surface area contributed by atoms with Crippen LogP contribution in [0.25, 0.3) is 0 Å². The number of methoxy groups -OCH3 is 1. The van der Waals surface area contributed by atoms with Gasteiger partial charge in [-0.3, -0.25) is 9.00 Å². The number of amides is 1. The van der Waals surface area contributed by atoms with Crippen LogP contribution in [0.5, 0.6) is 5.75 Å². The number of carbonyl (C=O) groups is 1. The van der Waals surface area contributed by atoms with Crippen molar-refractivity contribution in [2.45, 2.75) is 48.8 Å². The molecule has 1 aromatic carbocycles.